The number of nitrogens with one attached hydrogen (secondary N) is 1. The quantitative estimate of drug-likeness (QED) is 0.786. The predicted molar refractivity (Wildman–Crippen MR) is 63.9 cm³/mol. The van der Waals surface area contributed by atoms with Crippen LogP contribution in [0.25, 0.3) is 0 Å². The standard InChI is InChI=1S/C10H14Cl2N2O/c1-15-5-3-2-4-13-10-9(12)6-8(11)7-14-10/h6-7H,2-5H2,1H3,(H,13,14). The third-order valence-electron chi connectivity index (χ3n) is 1.88. The number of hydrogen-bond acceptors (Lipinski definition) is 3. The van der Waals surface area contributed by atoms with E-state index in [1.807, 2.05) is 0 Å². The highest BCUT2D eigenvalue weighted by Gasteiger charge is 2.01. The molecule has 15 heavy (non-hydrogen) atoms. The maximum Gasteiger partial charge on any atom is 0.144 e. The van der Waals surface area contributed by atoms with Crippen molar-refractivity contribution in [3.05, 3.63) is 22.3 Å². The summed E-state index contributed by atoms with van der Waals surface area (Å²) in [6, 6.07) is 1.67. The van der Waals surface area contributed by atoms with Crippen molar-refractivity contribution in [3.8, 4) is 0 Å². The molecular formula is C10H14Cl2N2O. The molecule has 0 unspecified atom stereocenters. The van der Waals surface area contributed by atoms with Crippen LogP contribution in [0.2, 0.25) is 10.0 Å². The van der Waals surface area contributed by atoms with Crippen molar-refractivity contribution in [3.63, 3.8) is 0 Å². The molecule has 1 heterocycles. The zero-order valence-corrected chi connectivity index (χ0v) is 10.1. The minimum absolute atomic E-state index is 0.546. The Hall–Kier alpha value is -0.510. The van der Waals surface area contributed by atoms with Crippen LogP contribution in [0.1, 0.15) is 12.8 Å². The van der Waals surface area contributed by atoms with Gasteiger partial charge in [0.05, 0.1) is 10.0 Å². The summed E-state index contributed by atoms with van der Waals surface area (Å²) in [5, 5.41) is 4.24. The average Bonchev–Trinajstić information content (AvgIpc) is 2.20. The summed E-state index contributed by atoms with van der Waals surface area (Å²) >= 11 is 11.7. The van der Waals surface area contributed by atoms with E-state index in [-0.39, 0.29) is 0 Å². The molecule has 0 bridgehead atoms. The van der Waals surface area contributed by atoms with Gasteiger partial charge in [0.15, 0.2) is 0 Å². The largest absolute Gasteiger partial charge is 0.385 e. The van der Waals surface area contributed by atoms with Crippen molar-refractivity contribution in [2.75, 3.05) is 25.6 Å². The molecule has 0 fully saturated rings. The molecule has 1 aromatic rings. The van der Waals surface area contributed by atoms with E-state index in [4.69, 9.17) is 27.9 Å². The monoisotopic (exact) mass is 248 g/mol. The number of halogens is 2. The number of unbranched alkanes of at least 4 members (excludes halogenated alkanes) is 1. The molecule has 0 aliphatic carbocycles. The third-order valence-corrected chi connectivity index (χ3v) is 2.37. The summed E-state index contributed by atoms with van der Waals surface area (Å²) < 4.78 is 4.95. The van der Waals surface area contributed by atoms with Crippen LogP contribution in [-0.2, 0) is 4.74 Å². The molecule has 1 aromatic heterocycles. The van der Waals surface area contributed by atoms with Gasteiger partial charge in [-0.25, -0.2) is 4.98 Å². The van der Waals surface area contributed by atoms with Crippen molar-refractivity contribution in [2.45, 2.75) is 12.8 Å². The van der Waals surface area contributed by atoms with Gasteiger partial charge in [0.25, 0.3) is 0 Å². The van der Waals surface area contributed by atoms with Gasteiger partial charge in [0.1, 0.15) is 5.82 Å². The lowest BCUT2D eigenvalue weighted by atomic mass is 10.3. The van der Waals surface area contributed by atoms with Crippen LogP contribution in [-0.4, -0.2) is 25.2 Å². The van der Waals surface area contributed by atoms with Crippen LogP contribution >= 0.6 is 23.2 Å². The molecule has 0 aromatic carbocycles. The second kappa shape index (κ2) is 6.88. The normalized spacial score (nSPS) is 10.3. The Kier molecular flexibility index (Phi) is 5.76. The molecule has 3 nitrogen and oxygen atoms in total. The summed E-state index contributed by atoms with van der Waals surface area (Å²) in [5.41, 5.74) is 0. The molecule has 0 saturated carbocycles. The van der Waals surface area contributed by atoms with Crippen LogP contribution in [0.15, 0.2) is 12.3 Å². The first-order valence-corrected chi connectivity index (χ1v) is 5.53. The number of hydrogen-bond donors (Lipinski definition) is 1. The Morgan fingerprint density at radius 2 is 2.20 bits per heavy atom. The van der Waals surface area contributed by atoms with E-state index < -0.39 is 0 Å². The fourth-order valence-corrected chi connectivity index (χ4v) is 1.57. The van der Waals surface area contributed by atoms with Gasteiger partial charge in [-0.2, -0.15) is 0 Å². The maximum atomic E-state index is 5.94. The zero-order valence-electron chi connectivity index (χ0n) is 8.59. The van der Waals surface area contributed by atoms with Crippen molar-refractivity contribution in [1.29, 1.82) is 0 Å². The number of ether oxygens (including phenoxy) is 1. The molecule has 0 radical (unpaired) electrons. The van der Waals surface area contributed by atoms with Gasteiger partial charge in [-0.15, -0.1) is 0 Å². The van der Waals surface area contributed by atoms with E-state index in [1.165, 1.54) is 0 Å². The Labute approximate surface area is 99.7 Å². The number of nitrogens with zero attached hydrogens (tertiary/aromatic N) is 1. The van der Waals surface area contributed by atoms with E-state index >= 15 is 0 Å². The summed E-state index contributed by atoms with van der Waals surface area (Å²) in [6.07, 6.45) is 3.62. The van der Waals surface area contributed by atoms with Gasteiger partial charge in [-0.1, -0.05) is 23.2 Å². The second-order valence-electron chi connectivity index (χ2n) is 3.11. The molecule has 0 aliphatic rings. The van der Waals surface area contributed by atoms with E-state index in [0.29, 0.717) is 15.9 Å². The van der Waals surface area contributed by atoms with Gasteiger partial charge < -0.3 is 10.1 Å². The van der Waals surface area contributed by atoms with Crippen LogP contribution < -0.4 is 5.32 Å². The van der Waals surface area contributed by atoms with Crippen LogP contribution in [0.4, 0.5) is 5.82 Å². The van der Waals surface area contributed by atoms with Crippen molar-refractivity contribution >= 4 is 29.0 Å². The fraction of sp³-hybridized carbons (Fsp3) is 0.500. The van der Waals surface area contributed by atoms with Gasteiger partial charge in [-0.05, 0) is 18.9 Å². The lowest BCUT2D eigenvalue weighted by Gasteiger charge is -2.06. The molecule has 0 saturated heterocycles. The highest BCUT2D eigenvalue weighted by Crippen LogP contribution is 2.22. The summed E-state index contributed by atoms with van der Waals surface area (Å²) in [4.78, 5) is 4.09. The first-order chi connectivity index (χ1) is 7.24. The minimum atomic E-state index is 0.546. The van der Waals surface area contributed by atoms with E-state index in [2.05, 4.69) is 10.3 Å². The van der Waals surface area contributed by atoms with Crippen LogP contribution in [0.5, 0.6) is 0 Å². The Morgan fingerprint density at radius 3 is 2.87 bits per heavy atom. The predicted octanol–water partition coefficient (Wildman–Crippen LogP) is 3.23. The average molecular weight is 249 g/mol. The Balaban J connectivity index is 2.31. The molecule has 0 spiro atoms. The smallest absolute Gasteiger partial charge is 0.144 e. The molecule has 0 aliphatic heterocycles. The minimum Gasteiger partial charge on any atom is -0.385 e. The number of rotatable bonds is 6. The van der Waals surface area contributed by atoms with E-state index in [9.17, 15) is 0 Å². The first kappa shape index (κ1) is 12.6. The molecule has 1 rings (SSSR count). The van der Waals surface area contributed by atoms with Gasteiger partial charge >= 0.3 is 0 Å². The SMILES string of the molecule is COCCCCNc1ncc(Cl)cc1Cl. The van der Waals surface area contributed by atoms with E-state index in [1.54, 1.807) is 19.4 Å². The topological polar surface area (TPSA) is 34.1 Å². The van der Waals surface area contributed by atoms with Gasteiger partial charge in [0, 0.05) is 26.5 Å². The molecule has 0 atom stereocenters. The highest BCUT2D eigenvalue weighted by atomic mass is 35.5. The molecule has 0 amide bonds. The third kappa shape index (κ3) is 4.69. The number of anilines is 1. The lowest BCUT2D eigenvalue weighted by molar-refractivity contribution is 0.194. The first-order valence-electron chi connectivity index (χ1n) is 4.78. The summed E-state index contributed by atoms with van der Waals surface area (Å²) in [6.45, 7) is 1.61. The summed E-state index contributed by atoms with van der Waals surface area (Å²) in [5.74, 6) is 0.679. The van der Waals surface area contributed by atoms with Gasteiger partial charge in [-0.3, -0.25) is 0 Å². The lowest BCUT2D eigenvalue weighted by Crippen LogP contribution is -2.04. The molecular weight excluding hydrogens is 235 g/mol. The summed E-state index contributed by atoms with van der Waals surface area (Å²) in [7, 11) is 1.70. The maximum absolute atomic E-state index is 5.94. The Morgan fingerprint density at radius 1 is 1.40 bits per heavy atom. The number of pyridine rings is 1. The Bertz CT molecular complexity index is 307. The molecule has 5 heteroatoms. The molecule has 84 valence electrons. The van der Waals surface area contributed by atoms with E-state index in [0.717, 1.165) is 26.0 Å². The van der Waals surface area contributed by atoms with Gasteiger partial charge in [0.2, 0.25) is 0 Å². The highest BCUT2D eigenvalue weighted by molar-refractivity contribution is 6.35. The van der Waals surface area contributed by atoms with Crippen molar-refractivity contribution in [2.24, 2.45) is 0 Å². The van der Waals surface area contributed by atoms with Crippen molar-refractivity contribution in [1.82, 2.24) is 4.98 Å². The number of methoxy groups -OCH3 is 1. The fourth-order valence-electron chi connectivity index (χ4n) is 1.12. The number of aromatic nitrogens is 1. The molecule has 1 N–H and O–H groups in total. The zero-order chi connectivity index (χ0) is 11.1. The van der Waals surface area contributed by atoms with Crippen molar-refractivity contribution < 1.29 is 4.74 Å². The van der Waals surface area contributed by atoms with Crippen LogP contribution in [0.3, 0.4) is 0 Å². The second-order valence-corrected chi connectivity index (χ2v) is 3.95. The van der Waals surface area contributed by atoms with Crippen LogP contribution in [0, 0.1) is 0 Å².